The summed E-state index contributed by atoms with van der Waals surface area (Å²) in [4.78, 5) is 38.1. The van der Waals surface area contributed by atoms with Gasteiger partial charge in [-0.1, -0.05) is 0 Å². The summed E-state index contributed by atoms with van der Waals surface area (Å²) in [5, 5.41) is 18.9. The maximum Gasteiger partial charge on any atom is 0.331 e. The molecule has 0 spiro atoms. The van der Waals surface area contributed by atoms with E-state index >= 15 is 0 Å². The van der Waals surface area contributed by atoms with Gasteiger partial charge >= 0.3 is 5.97 Å². The van der Waals surface area contributed by atoms with Crippen molar-refractivity contribution in [2.75, 3.05) is 13.1 Å². The third-order valence-corrected chi connectivity index (χ3v) is 5.11. The number of carboxylic acid groups (broad SMARTS) is 1. The van der Waals surface area contributed by atoms with E-state index in [4.69, 9.17) is 0 Å². The lowest BCUT2D eigenvalue weighted by molar-refractivity contribution is -0.143. The van der Waals surface area contributed by atoms with Crippen molar-refractivity contribution >= 4 is 17.8 Å². The van der Waals surface area contributed by atoms with Gasteiger partial charge in [0.1, 0.15) is 0 Å². The molecule has 1 saturated carbocycles. The second kappa shape index (κ2) is 6.85. The summed E-state index contributed by atoms with van der Waals surface area (Å²) < 4.78 is 0. The summed E-state index contributed by atoms with van der Waals surface area (Å²) in [5.74, 6) is -1.26. The quantitative estimate of drug-likeness (QED) is 0.732. The lowest BCUT2D eigenvalue weighted by Gasteiger charge is -2.32. The number of piperidine rings is 1. The first-order chi connectivity index (χ1) is 11.9. The number of carbonyl (C=O) groups is 3. The summed E-state index contributed by atoms with van der Waals surface area (Å²) in [6.07, 6.45) is 3.09. The van der Waals surface area contributed by atoms with Crippen LogP contribution in [0.4, 0.5) is 0 Å². The zero-order valence-electron chi connectivity index (χ0n) is 14.5. The minimum absolute atomic E-state index is 0.189. The smallest absolute Gasteiger partial charge is 0.331 e. The number of amides is 2. The average Bonchev–Trinajstić information content (AvgIpc) is 3.38. The summed E-state index contributed by atoms with van der Waals surface area (Å²) >= 11 is 0. The van der Waals surface area contributed by atoms with Crippen LogP contribution in [0.2, 0.25) is 0 Å². The van der Waals surface area contributed by atoms with Gasteiger partial charge in [-0.25, -0.2) is 4.79 Å². The second-order valence-electron chi connectivity index (χ2n) is 7.00. The molecule has 3 N–H and O–H groups in total. The summed E-state index contributed by atoms with van der Waals surface area (Å²) in [5.41, 5.74) is 1.70. The summed E-state index contributed by atoms with van der Waals surface area (Å²) in [6, 6.07) is -1.11. The van der Waals surface area contributed by atoms with Crippen molar-refractivity contribution in [3.63, 3.8) is 0 Å². The molecule has 2 aliphatic rings. The van der Waals surface area contributed by atoms with Crippen molar-refractivity contribution < 1.29 is 19.5 Å². The molecule has 1 atom stereocenters. The Bertz CT molecular complexity index is 667. The third kappa shape index (κ3) is 3.67. The summed E-state index contributed by atoms with van der Waals surface area (Å²) in [7, 11) is 0. The number of aryl methyl sites for hydroxylation is 2. The van der Waals surface area contributed by atoms with Crippen LogP contribution in [0.1, 0.15) is 48.7 Å². The van der Waals surface area contributed by atoms with Crippen LogP contribution in [0.15, 0.2) is 0 Å². The molecular weight excluding hydrogens is 324 g/mol. The van der Waals surface area contributed by atoms with Crippen molar-refractivity contribution in [2.24, 2.45) is 11.8 Å². The Morgan fingerprint density at radius 3 is 2.28 bits per heavy atom. The van der Waals surface area contributed by atoms with Crippen LogP contribution >= 0.6 is 0 Å². The largest absolute Gasteiger partial charge is 0.479 e. The average molecular weight is 348 g/mol. The van der Waals surface area contributed by atoms with Crippen LogP contribution in [0, 0.1) is 25.7 Å². The Hall–Kier alpha value is -2.38. The van der Waals surface area contributed by atoms with E-state index in [9.17, 15) is 19.5 Å². The van der Waals surface area contributed by atoms with E-state index in [-0.39, 0.29) is 23.7 Å². The number of nitrogens with one attached hydrogen (secondary N) is 2. The molecule has 2 fully saturated rings. The van der Waals surface area contributed by atoms with Crippen molar-refractivity contribution in [3.8, 4) is 0 Å². The second-order valence-corrected chi connectivity index (χ2v) is 7.00. The number of hydrogen-bond acceptors (Lipinski definition) is 4. The highest BCUT2D eigenvalue weighted by atomic mass is 16.4. The monoisotopic (exact) mass is 348 g/mol. The van der Waals surface area contributed by atoms with E-state index in [1.165, 1.54) is 0 Å². The van der Waals surface area contributed by atoms with E-state index in [1.807, 2.05) is 4.90 Å². The molecule has 1 aliphatic heterocycles. The number of rotatable bonds is 5. The highest BCUT2D eigenvalue weighted by molar-refractivity contribution is 5.86. The molecule has 136 valence electrons. The van der Waals surface area contributed by atoms with Gasteiger partial charge < -0.3 is 15.3 Å². The van der Waals surface area contributed by atoms with E-state index in [2.05, 4.69) is 15.5 Å². The number of nitrogens with zero attached hydrogens (tertiary/aromatic N) is 2. The fourth-order valence-corrected chi connectivity index (χ4v) is 3.45. The van der Waals surface area contributed by atoms with Gasteiger partial charge in [-0.05, 0) is 39.5 Å². The van der Waals surface area contributed by atoms with Gasteiger partial charge in [-0.2, -0.15) is 5.10 Å². The number of H-pyrrole nitrogens is 1. The number of aliphatic carboxylic acids is 1. The lowest BCUT2D eigenvalue weighted by atomic mass is 9.94. The first kappa shape index (κ1) is 17.4. The highest BCUT2D eigenvalue weighted by Crippen LogP contribution is 2.32. The normalized spacial score (nSPS) is 19.5. The number of aromatic amines is 1. The lowest BCUT2D eigenvalue weighted by Crippen LogP contribution is -2.45. The predicted octanol–water partition coefficient (Wildman–Crippen LogP) is 0.917. The molecule has 25 heavy (non-hydrogen) atoms. The molecule has 0 unspecified atom stereocenters. The van der Waals surface area contributed by atoms with Crippen LogP contribution in [-0.2, 0) is 14.4 Å². The van der Waals surface area contributed by atoms with E-state index < -0.39 is 12.0 Å². The standard InChI is InChI=1S/C17H24N4O4/c1-9-13(10(2)20-19-9)14(17(24)25)18-15(22)11-5-7-21(8-6-11)16(23)12-3-4-12/h11-12,14H,3-8H2,1-2H3,(H,18,22)(H,19,20)(H,24,25)/t14-/m0/s1. The van der Waals surface area contributed by atoms with Crippen LogP contribution in [0.25, 0.3) is 0 Å². The maximum absolute atomic E-state index is 12.5. The number of aromatic nitrogens is 2. The minimum Gasteiger partial charge on any atom is -0.479 e. The van der Waals surface area contributed by atoms with Crippen molar-refractivity contribution in [1.82, 2.24) is 20.4 Å². The zero-order chi connectivity index (χ0) is 18.1. The van der Waals surface area contributed by atoms with Gasteiger partial charge in [-0.15, -0.1) is 0 Å². The van der Waals surface area contributed by atoms with Crippen molar-refractivity contribution in [1.29, 1.82) is 0 Å². The fourth-order valence-electron chi connectivity index (χ4n) is 3.45. The van der Waals surface area contributed by atoms with Gasteiger partial charge in [0, 0.05) is 36.2 Å². The zero-order valence-corrected chi connectivity index (χ0v) is 14.5. The first-order valence-corrected chi connectivity index (χ1v) is 8.72. The summed E-state index contributed by atoms with van der Waals surface area (Å²) in [6.45, 7) is 4.58. The Balaban J connectivity index is 1.61. The molecule has 0 bridgehead atoms. The van der Waals surface area contributed by atoms with E-state index in [1.54, 1.807) is 13.8 Å². The number of carbonyl (C=O) groups excluding carboxylic acids is 2. The molecule has 2 heterocycles. The molecule has 1 aromatic rings. The molecule has 0 aromatic carbocycles. The Labute approximate surface area is 146 Å². The maximum atomic E-state index is 12.5. The Morgan fingerprint density at radius 2 is 1.80 bits per heavy atom. The molecule has 2 amide bonds. The first-order valence-electron chi connectivity index (χ1n) is 8.72. The van der Waals surface area contributed by atoms with E-state index in [0.717, 1.165) is 12.8 Å². The van der Waals surface area contributed by atoms with Gasteiger partial charge in [0.15, 0.2) is 6.04 Å². The van der Waals surface area contributed by atoms with Crippen LogP contribution < -0.4 is 5.32 Å². The molecule has 1 aliphatic carbocycles. The third-order valence-electron chi connectivity index (χ3n) is 5.11. The van der Waals surface area contributed by atoms with Gasteiger partial charge in [0.25, 0.3) is 0 Å². The highest BCUT2D eigenvalue weighted by Gasteiger charge is 2.37. The SMILES string of the molecule is Cc1n[nH]c(C)c1[C@H](NC(=O)C1CCN(C(=O)C2CC2)CC1)C(=O)O. The molecule has 1 saturated heterocycles. The molecule has 8 heteroatoms. The number of carboxylic acids is 1. The minimum atomic E-state index is -1.11. The van der Waals surface area contributed by atoms with Gasteiger partial charge in [0.2, 0.25) is 11.8 Å². The Kier molecular flexibility index (Phi) is 4.78. The molecule has 1 aromatic heterocycles. The predicted molar refractivity (Wildman–Crippen MR) is 88.6 cm³/mol. The molecule has 8 nitrogen and oxygen atoms in total. The number of likely N-dealkylation sites (tertiary alicyclic amines) is 1. The molecular formula is C17H24N4O4. The van der Waals surface area contributed by atoms with Crippen LogP contribution in [0.3, 0.4) is 0 Å². The topological polar surface area (TPSA) is 115 Å². The number of hydrogen-bond donors (Lipinski definition) is 3. The fraction of sp³-hybridized carbons (Fsp3) is 0.647. The van der Waals surface area contributed by atoms with Crippen molar-refractivity contribution in [2.45, 2.75) is 45.6 Å². The van der Waals surface area contributed by atoms with Crippen molar-refractivity contribution in [3.05, 3.63) is 17.0 Å². The van der Waals surface area contributed by atoms with Gasteiger partial charge in [-0.3, -0.25) is 14.7 Å². The van der Waals surface area contributed by atoms with Crippen LogP contribution in [0.5, 0.6) is 0 Å². The van der Waals surface area contributed by atoms with Gasteiger partial charge in [0.05, 0.1) is 5.69 Å². The molecule has 0 radical (unpaired) electrons. The molecule has 3 rings (SSSR count). The van der Waals surface area contributed by atoms with Crippen LogP contribution in [-0.4, -0.2) is 51.1 Å². The Morgan fingerprint density at radius 1 is 1.16 bits per heavy atom. The van der Waals surface area contributed by atoms with E-state index in [0.29, 0.717) is 42.9 Å².